The summed E-state index contributed by atoms with van der Waals surface area (Å²) in [5, 5.41) is 9.07. The average molecular weight is 355 g/mol. The van der Waals surface area contributed by atoms with Crippen LogP contribution in [0, 0.1) is 5.41 Å². The highest BCUT2D eigenvalue weighted by molar-refractivity contribution is 5.41. The van der Waals surface area contributed by atoms with Gasteiger partial charge in [0.1, 0.15) is 0 Å². The minimum atomic E-state index is 0.116. The summed E-state index contributed by atoms with van der Waals surface area (Å²) < 4.78 is 0. The van der Waals surface area contributed by atoms with Crippen molar-refractivity contribution in [1.29, 1.82) is 0 Å². The average Bonchev–Trinajstić information content (AvgIpc) is 2.55. The van der Waals surface area contributed by atoms with Gasteiger partial charge in [-0.05, 0) is 80.9 Å². The Bertz CT molecular complexity index is 623. The molecule has 0 aromatic carbocycles. The Hall–Kier alpha value is -1.34. The molecule has 2 aliphatic carbocycles. The molecule has 2 aliphatic rings. The van der Waals surface area contributed by atoms with Crippen molar-refractivity contribution in [3.05, 3.63) is 58.2 Å². The first-order valence-electron chi connectivity index (χ1n) is 10.5. The van der Waals surface area contributed by atoms with Gasteiger partial charge in [-0.2, -0.15) is 0 Å². The third kappa shape index (κ3) is 6.13. The van der Waals surface area contributed by atoms with Crippen molar-refractivity contribution in [3.8, 4) is 0 Å². The Morgan fingerprint density at radius 1 is 0.923 bits per heavy atom. The number of rotatable bonds is 5. The lowest BCUT2D eigenvalue weighted by Crippen LogP contribution is -2.19. The van der Waals surface area contributed by atoms with E-state index in [0.717, 1.165) is 5.57 Å². The summed E-state index contributed by atoms with van der Waals surface area (Å²) in [5.74, 6) is 0. The maximum atomic E-state index is 9.07. The van der Waals surface area contributed by atoms with E-state index in [4.69, 9.17) is 5.11 Å². The lowest BCUT2D eigenvalue weighted by atomic mass is 9.72. The van der Waals surface area contributed by atoms with Crippen LogP contribution < -0.4 is 0 Å². The standard InChI is InChI=1S/C25H38O/c1-20(17-19-26)13-14-22-11-7-5-6-8-12-23(22)15-16-24-21(2)10-9-18-25(24,3)4/h13-17,26H,5-12,18-19H2,1-4H3/b14-13+,16-15+,20-17+,23-22-. The van der Waals surface area contributed by atoms with Crippen LogP contribution in [0.3, 0.4) is 0 Å². The first-order valence-corrected chi connectivity index (χ1v) is 10.5. The summed E-state index contributed by atoms with van der Waals surface area (Å²) in [7, 11) is 0. The summed E-state index contributed by atoms with van der Waals surface area (Å²) in [5.41, 5.74) is 7.56. The van der Waals surface area contributed by atoms with E-state index in [1.54, 1.807) is 11.1 Å². The molecule has 1 N–H and O–H groups in total. The Morgan fingerprint density at radius 3 is 2.19 bits per heavy atom. The van der Waals surface area contributed by atoms with Crippen molar-refractivity contribution in [2.24, 2.45) is 5.41 Å². The van der Waals surface area contributed by atoms with Crippen molar-refractivity contribution >= 4 is 0 Å². The van der Waals surface area contributed by atoms with Crippen LogP contribution in [0.2, 0.25) is 0 Å². The van der Waals surface area contributed by atoms with Gasteiger partial charge in [-0.25, -0.2) is 0 Å². The fourth-order valence-electron chi connectivity index (χ4n) is 4.32. The highest BCUT2D eigenvalue weighted by atomic mass is 16.2. The minimum absolute atomic E-state index is 0.116. The van der Waals surface area contributed by atoms with E-state index in [9.17, 15) is 0 Å². The molecular weight excluding hydrogens is 316 g/mol. The molecule has 144 valence electrons. The van der Waals surface area contributed by atoms with Gasteiger partial charge < -0.3 is 5.11 Å². The van der Waals surface area contributed by atoms with E-state index >= 15 is 0 Å². The molecule has 0 saturated carbocycles. The zero-order chi connectivity index (χ0) is 19.0. The van der Waals surface area contributed by atoms with Gasteiger partial charge in [-0.15, -0.1) is 0 Å². The second-order valence-corrected chi connectivity index (χ2v) is 8.69. The molecule has 0 unspecified atom stereocenters. The monoisotopic (exact) mass is 354 g/mol. The second-order valence-electron chi connectivity index (χ2n) is 8.69. The molecule has 0 atom stereocenters. The van der Waals surface area contributed by atoms with Crippen molar-refractivity contribution < 1.29 is 5.11 Å². The lowest BCUT2D eigenvalue weighted by Gasteiger charge is -2.33. The fourth-order valence-corrected chi connectivity index (χ4v) is 4.32. The van der Waals surface area contributed by atoms with Gasteiger partial charge in [0.25, 0.3) is 0 Å². The first kappa shape index (κ1) is 21.0. The molecule has 0 spiro atoms. The maximum Gasteiger partial charge on any atom is 0.0617 e. The fraction of sp³-hybridized carbons (Fsp3) is 0.600. The van der Waals surface area contributed by atoms with Crippen LogP contribution in [-0.2, 0) is 0 Å². The SMILES string of the molecule is CC1=C(/C=C/C2=C(\C=C\C(C)=C\CO)CCCCCC2)C(C)(C)CCC1. The van der Waals surface area contributed by atoms with Crippen LogP contribution in [-0.4, -0.2) is 11.7 Å². The van der Waals surface area contributed by atoms with Gasteiger partial charge in [-0.3, -0.25) is 0 Å². The molecule has 1 nitrogen and oxygen atoms in total. The first-order chi connectivity index (χ1) is 12.4. The molecule has 0 aromatic rings. The van der Waals surface area contributed by atoms with E-state index in [1.165, 1.54) is 68.9 Å². The quantitative estimate of drug-likeness (QED) is 0.517. The molecule has 0 radical (unpaired) electrons. The summed E-state index contributed by atoms with van der Waals surface area (Å²) >= 11 is 0. The van der Waals surface area contributed by atoms with E-state index in [1.807, 2.05) is 6.08 Å². The van der Waals surface area contributed by atoms with Crippen LogP contribution in [0.15, 0.2) is 58.2 Å². The normalized spacial score (nSPS) is 25.8. The number of aliphatic hydroxyl groups excluding tert-OH is 1. The topological polar surface area (TPSA) is 20.2 Å². The van der Waals surface area contributed by atoms with Crippen molar-refractivity contribution in [2.75, 3.05) is 6.61 Å². The summed E-state index contributed by atoms with van der Waals surface area (Å²) in [6.07, 6.45) is 22.7. The highest BCUT2D eigenvalue weighted by Crippen LogP contribution is 2.41. The molecule has 0 bridgehead atoms. The van der Waals surface area contributed by atoms with Crippen molar-refractivity contribution in [1.82, 2.24) is 0 Å². The van der Waals surface area contributed by atoms with Gasteiger partial charge in [0.15, 0.2) is 0 Å². The van der Waals surface area contributed by atoms with E-state index in [0.29, 0.717) is 5.41 Å². The third-order valence-electron chi connectivity index (χ3n) is 6.01. The number of hydrogen-bond donors (Lipinski definition) is 1. The maximum absolute atomic E-state index is 9.07. The van der Waals surface area contributed by atoms with Gasteiger partial charge in [0.2, 0.25) is 0 Å². The second kappa shape index (κ2) is 10.1. The number of aliphatic hydroxyl groups is 1. The Kier molecular flexibility index (Phi) is 8.15. The molecule has 1 heteroatoms. The predicted octanol–water partition coefficient (Wildman–Crippen LogP) is 7.21. The van der Waals surface area contributed by atoms with Gasteiger partial charge in [-0.1, -0.05) is 68.2 Å². The lowest BCUT2D eigenvalue weighted by molar-refractivity contribution is 0.342. The molecule has 0 fully saturated rings. The molecule has 0 aromatic heterocycles. The number of hydrogen-bond acceptors (Lipinski definition) is 1. The van der Waals surface area contributed by atoms with Crippen LogP contribution >= 0.6 is 0 Å². The zero-order valence-electron chi connectivity index (χ0n) is 17.4. The molecule has 0 heterocycles. The van der Waals surface area contributed by atoms with Gasteiger partial charge in [0, 0.05) is 0 Å². The van der Waals surface area contributed by atoms with E-state index in [2.05, 4.69) is 52.0 Å². The molecule has 0 amide bonds. The van der Waals surface area contributed by atoms with Gasteiger partial charge in [0.05, 0.1) is 6.61 Å². The molecule has 2 rings (SSSR count). The Morgan fingerprint density at radius 2 is 1.58 bits per heavy atom. The smallest absolute Gasteiger partial charge is 0.0617 e. The van der Waals surface area contributed by atoms with Crippen LogP contribution in [0.5, 0.6) is 0 Å². The van der Waals surface area contributed by atoms with Crippen molar-refractivity contribution in [2.45, 2.75) is 85.5 Å². The summed E-state index contributed by atoms with van der Waals surface area (Å²) in [6.45, 7) is 9.28. The minimum Gasteiger partial charge on any atom is -0.392 e. The molecular formula is C25H38O. The summed E-state index contributed by atoms with van der Waals surface area (Å²) in [4.78, 5) is 0. The van der Waals surface area contributed by atoms with Crippen LogP contribution in [0.25, 0.3) is 0 Å². The van der Waals surface area contributed by atoms with Crippen LogP contribution in [0.1, 0.15) is 85.5 Å². The van der Waals surface area contributed by atoms with E-state index < -0.39 is 0 Å². The van der Waals surface area contributed by atoms with Crippen LogP contribution in [0.4, 0.5) is 0 Å². The highest BCUT2D eigenvalue weighted by Gasteiger charge is 2.26. The summed E-state index contributed by atoms with van der Waals surface area (Å²) in [6, 6.07) is 0. The number of allylic oxidation sites excluding steroid dienone is 9. The largest absolute Gasteiger partial charge is 0.392 e. The third-order valence-corrected chi connectivity index (χ3v) is 6.01. The van der Waals surface area contributed by atoms with Crippen molar-refractivity contribution in [3.63, 3.8) is 0 Å². The Balaban J connectivity index is 2.32. The van der Waals surface area contributed by atoms with E-state index in [-0.39, 0.29) is 6.61 Å². The molecule has 26 heavy (non-hydrogen) atoms. The van der Waals surface area contributed by atoms with Gasteiger partial charge >= 0.3 is 0 Å². The Labute approximate surface area is 161 Å². The molecule has 0 saturated heterocycles. The zero-order valence-corrected chi connectivity index (χ0v) is 17.4. The molecule has 0 aliphatic heterocycles. The predicted molar refractivity (Wildman–Crippen MR) is 114 cm³/mol.